The van der Waals surface area contributed by atoms with E-state index in [2.05, 4.69) is 4.98 Å². The summed E-state index contributed by atoms with van der Waals surface area (Å²) in [5, 5.41) is 0.827. The predicted octanol–water partition coefficient (Wildman–Crippen LogP) is 0.903. The molecule has 1 aromatic heterocycles. The maximum atomic E-state index is 12.7. The molecule has 0 spiro atoms. The van der Waals surface area contributed by atoms with Crippen LogP contribution in [-0.2, 0) is 15.0 Å². The van der Waals surface area contributed by atoms with Crippen LogP contribution < -0.4 is 0 Å². The Balaban J connectivity index is 1.67. The fraction of sp³-hybridized carbons (Fsp3) is 0.625. The summed E-state index contributed by atoms with van der Waals surface area (Å²) in [5.74, 6) is 0.604. The number of fused-ring (bicyclic) bond motifs is 4. The molecule has 3 aliphatic rings. The molecule has 138 valence electrons. The molecular formula is C16H24N4O3S2. The van der Waals surface area contributed by atoms with E-state index in [4.69, 9.17) is 0 Å². The first kappa shape index (κ1) is 18.6. The van der Waals surface area contributed by atoms with Crippen LogP contribution in [0, 0.1) is 5.92 Å². The van der Waals surface area contributed by atoms with E-state index in [1.54, 1.807) is 20.3 Å². The van der Waals surface area contributed by atoms with Gasteiger partial charge >= 0.3 is 0 Å². The molecule has 0 aliphatic carbocycles. The molecule has 0 saturated carbocycles. The molecule has 4 rings (SSSR count). The molecule has 2 atom stereocenters. The maximum Gasteiger partial charge on any atom is 0.281 e. The molecule has 7 nitrogen and oxygen atoms in total. The van der Waals surface area contributed by atoms with Gasteiger partial charge in [-0.1, -0.05) is 17.8 Å². The van der Waals surface area contributed by atoms with Crippen LogP contribution in [-0.4, -0.2) is 78.3 Å². The molecule has 25 heavy (non-hydrogen) atoms. The number of piperidine rings is 1. The van der Waals surface area contributed by atoms with E-state index >= 15 is 0 Å². The van der Waals surface area contributed by atoms with Crippen LogP contribution in [0.2, 0.25) is 0 Å². The lowest BCUT2D eigenvalue weighted by Crippen LogP contribution is -2.49. The average molecular weight is 385 g/mol. The third-order valence-electron chi connectivity index (χ3n) is 4.77. The summed E-state index contributed by atoms with van der Waals surface area (Å²) in [4.78, 5) is 18.8. The number of nitrogens with zero attached hydrogens (tertiary/aromatic N) is 4. The lowest BCUT2D eigenvalue weighted by atomic mass is 9.95. The Morgan fingerprint density at radius 2 is 2.08 bits per heavy atom. The lowest BCUT2D eigenvalue weighted by Gasteiger charge is -2.36. The highest BCUT2D eigenvalue weighted by Crippen LogP contribution is 2.30. The third kappa shape index (κ3) is 4.16. The molecule has 0 unspecified atom stereocenters. The normalized spacial score (nSPS) is 24.5. The van der Waals surface area contributed by atoms with Gasteiger partial charge in [0.25, 0.3) is 10.2 Å². The molecule has 0 radical (unpaired) electrons. The maximum absolute atomic E-state index is 12.7. The van der Waals surface area contributed by atoms with Crippen molar-refractivity contribution >= 4 is 27.9 Å². The van der Waals surface area contributed by atoms with Crippen molar-refractivity contribution in [2.24, 2.45) is 5.92 Å². The summed E-state index contributed by atoms with van der Waals surface area (Å²) < 4.78 is 27.7. The zero-order chi connectivity index (χ0) is 18.0. The minimum absolute atomic E-state index is 0.0368. The third-order valence-corrected chi connectivity index (χ3v) is 7.57. The molecule has 4 heterocycles. The van der Waals surface area contributed by atoms with Crippen LogP contribution in [0.5, 0.6) is 0 Å². The van der Waals surface area contributed by atoms with Gasteiger partial charge in [0.1, 0.15) is 0 Å². The predicted molar refractivity (Wildman–Crippen MR) is 97.4 cm³/mol. The van der Waals surface area contributed by atoms with Gasteiger partial charge in [0.15, 0.2) is 0 Å². The fourth-order valence-corrected chi connectivity index (χ4v) is 5.38. The van der Waals surface area contributed by atoms with Crippen molar-refractivity contribution in [3.8, 4) is 0 Å². The Morgan fingerprint density at radius 1 is 1.28 bits per heavy atom. The monoisotopic (exact) mass is 384 g/mol. The van der Waals surface area contributed by atoms with E-state index in [0.29, 0.717) is 25.4 Å². The van der Waals surface area contributed by atoms with E-state index in [1.165, 1.54) is 20.4 Å². The first-order valence-corrected chi connectivity index (χ1v) is 10.8. The summed E-state index contributed by atoms with van der Waals surface area (Å²) >= 11 is 1.43. The number of hydrogen-bond acceptors (Lipinski definition) is 5. The van der Waals surface area contributed by atoms with E-state index in [9.17, 15) is 13.2 Å². The minimum Gasteiger partial charge on any atom is -0.337 e. The second kappa shape index (κ2) is 7.61. The summed E-state index contributed by atoms with van der Waals surface area (Å²) in [7, 11) is -0.340. The van der Waals surface area contributed by atoms with Crippen molar-refractivity contribution in [2.45, 2.75) is 23.9 Å². The van der Waals surface area contributed by atoms with E-state index < -0.39 is 10.2 Å². The Hall–Kier alpha value is -1.16. The number of thioether (sulfide) groups is 1. The molecular weight excluding hydrogens is 360 g/mol. The van der Waals surface area contributed by atoms with Gasteiger partial charge in [-0.2, -0.15) is 17.0 Å². The number of carbonyl (C=O) groups is 1. The highest BCUT2D eigenvalue weighted by atomic mass is 32.2. The highest BCUT2D eigenvalue weighted by Gasteiger charge is 2.41. The Kier molecular flexibility index (Phi) is 5.67. The molecule has 2 bridgehead atoms. The Bertz CT molecular complexity index is 711. The van der Waals surface area contributed by atoms with Gasteiger partial charge in [-0.3, -0.25) is 4.79 Å². The van der Waals surface area contributed by atoms with Crippen molar-refractivity contribution in [2.75, 3.05) is 39.5 Å². The van der Waals surface area contributed by atoms with Crippen molar-refractivity contribution in [1.29, 1.82) is 0 Å². The highest BCUT2D eigenvalue weighted by molar-refractivity contribution is 7.99. The first-order valence-electron chi connectivity index (χ1n) is 8.39. The van der Waals surface area contributed by atoms with Gasteiger partial charge in [-0.25, -0.2) is 4.98 Å². The second-order valence-electron chi connectivity index (χ2n) is 6.71. The standard InChI is InChI=1S/C16H24N4O3S2/c1-18(2)25(22,23)19-9-13-6-7-14(11-19)20(10-13)16(21)12-24-15-5-3-4-8-17-15/h3-5,8,13-14H,6-7,9-12H2,1-2H3/t13-,14+/m0/s1. The Morgan fingerprint density at radius 3 is 2.76 bits per heavy atom. The van der Waals surface area contributed by atoms with Crippen LogP contribution in [0.1, 0.15) is 12.8 Å². The number of hydrogen-bond donors (Lipinski definition) is 0. The quantitative estimate of drug-likeness (QED) is 0.706. The van der Waals surface area contributed by atoms with Crippen molar-refractivity contribution < 1.29 is 13.2 Å². The van der Waals surface area contributed by atoms with Gasteiger partial charge in [0, 0.05) is 46.0 Å². The van der Waals surface area contributed by atoms with Crippen LogP contribution in [0.3, 0.4) is 0 Å². The number of carbonyl (C=O) groups excluding carboxylic acids is 1. The van der Waals surface area contributed by atoms with E-state index in [1.807, 2.05) is 23.1 Å². The van der Waals surface area contributed by atoms with Crippen LogP contribution in [0.4, 0.5) is 0 Å². The van der Waals surface area contributed by atoms with Gasteiger partial charge in [-0.15, -0.1) is 0 Å². The minimum atomic E-state index is -3.44. The van der Waals surface area contributed by atoms with Gasteiger partial charge < -0.3 is 4.90 Å². The molecule has 3 aliphatic heterocycles. The first-order chi connectivity index (χ1) is 11.9. The van der Waals surface area contributed by atoms with Crippen LogP contribution in [0.15, 0.2) is 29.4 Å². The Labute approximate surface area is 153 Å². The summed E-state index contributed by atoms with van der Waals surface area (Å²) in [6.45, 7) is 1.52. The van der Waals surface area contributed by atoms with Gasteiger partial charge in [-0.05, 0) is 30.9 Å². The topological polar surface area (TPSA) is 73.8 Å². The van der Waals surface area contributed by atoms with Gasteiger partial charge in [0.05, 0.1) is 10.8 Å². The number of amides is 1. The number of aromatic nitrogens is 1. The fourth-order valence-electron chi connectivity index (χ4n) is 3.41. The molecule has 0 N–H and O–H groups in total. The number of rotatable bonds is 5. The van der Waals surface area contributed by atoms with Crippen molar-refractivity contribution in [1.82, 2.24) is 18.5 Å². The summed E-state index contributed by atoms with van der Waals surface area (Å²) in [6, 6.07) is 5.60. The SMILES string of the molecule is CN(C)S(=O)(=O)N1C[C@@H]2CC[C@H](C1)N(C(=O)CSc1ccccn1)C2. The average Bonchev–Trinajstić information content (AvgIpc) is 2.93. The second-order valence-corrected chi connectivity index (χ2v) is 9.85. The van der Waals surface area contributed by atoms with Crippen LogP contribution >= 0.6 is 11.8 Å². The largest absolute Gasteiger partial charge is 0.337 e. The molecule has 0 aromatic carbocycles. The lowest BCUT2D eigenvalue weighted by molar-refractivity contribution is -0.132. The molecule has 1 aromatic rings. The van der Waals surface area contributed by atoms with Crippen LogP contribution in [0.25, 0.3) is 0 Å². The molecule has 1 amide bonds. The molecule has 3 saturated heterocycles. The molecule has 3 fully saturated rings. The molecule has 9 heteroatoms. The summed E-state index contributed by atoms with van der Waals surface area (Å²) in [6.07, 6.45) is 3.55. The van der Waals surface area contributed by atoms with Gasteiger partial charge in [0.2, 0.25) is 5.91 Å². The summed E-state index contributed by atoms with van der Waals surface area (Å²) in [5.41, 5.74) is 0. The van der Waals surface area contributed by atoms with E-state index in [0.717, 1.165) is 17.9 Å². The van der Waals surface area contributed by atoms with E-state index in [-0.39, 0.29) is 17.9 Å². The van der Waals surface area contributed by atoms with Crippen molar-refractivity contribution in [3.63, 3.8) is 0 Å². The smallest absolute Gasteiger partial charge is 0.281 e. The number of pyridine rings is 1. The van der Waals surface area contributed by atoms with Crippen molar-refractivity contribution in [3.05, 3.63) is 24.4 Å². The zero-order valence-electron chi connectivity index (χ0n) is 14.5. The zero-order valence-corrected chi connectivity index (χ0v) is 16.2.